The molecule has 34 heavy (non-hydrogen) atoms. The van der Waals surface area contributed by atoms with Crippen LogP contribution in [-0.4, -0.2) is 35.1 Å². The first-order chi connectivity index (χ1) is 16.2. The van der Waals surface area contributed by atoms with Crippen LogP contribution in [0.2, 0.25) is 0 Å². The number of rotatable bonds is 9. The molecule has 0 aliphatic carbocycles. The van der Waals surface area contributed by atoms with E-state index in [2.05, 4.69) is 5.32 Å². The number of carbonyl (C=O) groups excluding carboxylic acids is 1. The van der Waals surface area contributed by atoms with Crippen LogP contribution in [0.15, 0.2) is 71.6 Å². The predicted molar refractivity (Wildman–Crippen MR) is 133 cm³/mol. The van der Waals surface area contributed by atoms with Gasteiger partial charge in [-0.1, -0.05) is 30.3 Å². The first-order valence-electron chi connectivity index (χ1n) is 10.8. The average Bonchev–Trinajstić information content (AvgIpc) is 2.84. The van der Waals surface area contributed by atoms with Crippen molar-refractivity contribution in [1.82, 2.24) is 5.32 Å². The molecule has 0 aliphatic rings. The first-order valence-corrected chi connectivity index (χ1v) is 12.3. The van der Waals surface area contributed by atoms with Crippen LogP contribution in [-0.2, 0) is 14.8 Å². The molecule has 8 heteroatoms. The van der Waals surface area contributed by atoms with Crippen molar-refractivity contribution in [3.8, 4) is 11.5 Å². The third-order valence-electron chi connectivity index (χ3n) is 5.74. The number of hydrogen-bond donors (Lipinski definition) is 1. The number of hydrogen-bond acceptors (Lipinski definition) is 5. The molecule has 180 valence electrons. The highest BCUT2D eigenvalue weighted by Gasteiger charge is 2.29. The number of anilines is 1. The molecule has 7 nitrogen and oxygen atoms in total. The van der Waals surface area contributed by atoms with Crippen molar-refractivity contribution in [2.45, 2.75) is 31.7 Å². The SMILES string of the molecule is COc1ccc(OC)c([C@@H](C)NC(=O)CN(c2cccc(C)c2C)S(=O)(=O)c2ccccc2)c1. The van der Waals surface area contributed by atoms with E-state index in [0.717, 1.165) is 21.0 Å². The first kappa shape index (κ1) is 25.1. The summed E-state index contributed by atoms with van der Waals surface area (Å²) in [5, 5.41) is 2.90. The molecule has 3 rings (SSSR count). The largest absolute Gasteiger partial charge is 0.497 e. The van der Waals surface area contributed by atoms with E-state index in [1.165, 1.54) is 12.1 Å². The van der Waals surface area contributed by atoms with Gasteiger partial charge in [0, 0.05) is 5.56 Å². The summed E-state index contributed by atoms with van der Waals surface area (Å²) in [5.74, 6) is 0.773. The Bertz CT molecular complexity index is 1260. The van der Waals surface area contributed by atoms with E-state index in [-0.39, 0.29) is 11.4 Å². The van der Waals surface area contributed by atoms with Gasteiger partial charge >= 0.3 is 0 Å². The molecule has 3 aromatic carbocycles. The van der Waals surface area contributed by atoms with Gasteiger partial charge in [0.15, 0.2) is 0 Å². The molecule has 0 aliphatic heterocycles. The summed E-state index contributed by atoms with van der Waals surface area (Å²) in [6.07, 6.45) is 0. The number of carbonyl (C=O) groups is 1. The van der Waals surface area contributed by atoms with Crippen LogP contribution in [0, 0.1) is 13.8 Å². The summed E-state index contributed by atoms with van der Waals surface area (Å²) in [4.78, 5) is 13.3. The zero-order valence-corrected chi connectivity index (χ0v) is 20.8. The van der Waals surface area contributed by atoms with Crippen LogP contribution >= 0.6 is 0 Å². The molecule has 0 bridgehead atoms. The third kappa shape index (κ3) is 5.34. The molecule has 0 saturated carbocycles. The lowest BCUT2D eigenvalue weighted by Gasteiger charge is -2.27. The summed E-state index contributed by atoms with van der Waals surface area (Å²) < 4.78 is 39.0. The standard InChI is InChI=1S/C26H30N2O5S/c1-18-10-9-13-24(19(18)2)28(34(30,31)22-11-7-6-8-12-22)17-26(29)27-20(3)23-16-21(32-4)14-15-25(23)33-5/h6-16,20H,17H2,1-5H3,(H,27,29)/t20-/m1/s1. The maximum atomic E-state index is 13.6. The molecule has 1 amide bonds. The number of nitrogens with one attached hydrogen (secondary N) is 1. The van der Waals surface area contributed by atoms with Crippen molar-refractivity contribution in [2.24, 2.45) is 0 Å². The number of amides is 1. The molecule has 0 aromatic heterocycles. The van der Waals surface area contributed by atoms with E-state index in [1.54, 1.807) is 62.8 Å². The Balaban J connectivity index is 1.94. The maximum absolute atomic E-state index is 13.6. The van der Waals surface area contributed by atoms with Crippen LogP contribution < -0.4 is 19.1 Å². The number of aryl methyl sites for hydroxylation is 1. The second-order valence-electron chi connectivity index (χ2n) is 7.94. The number of sulfonamides is 1. The predicted octanol–water partition coefficient (Wildman–Crippen LogP) is 4.39. The Labute approximate surface area is 201 Å². The van der Waals surface area contributed by atoms with Gasteiger partial charge in [0.05, 0.1) is 30.8 Å². The molecule has 0 fully saturated rings. The smallest absolute Gasteiger partial charge is 0.264 e. The molecule has 0 spiro atoms. The Morgan fingerprint density at radius 2 is 1.68 bits per heavy atom. The summed E-state index contributed by atoms with van der Waals surface area (Å²) >= 11 is 0. The molecule has 0 radical (unpaired) electrons. The van der Waals surface area contributed by atoms with E-state index in [4.69, 9.17) is 9.47 Å². The minimum absolute atomic E-state index is 0.117. The highest BCUT2D eigenvalue weighted by atomic mass is 32.2. The quantitative estimate of drug-likeness (QED) is 0.489. The zero-order chi connectivity index (χ0) is 24.9. The van der Waals surface area contributed by atoms with Gasteiger partial charge in [0.2, 0.25) is 5.91 Å². The maximum Gasteiger partial charge on any atom is 0.264 e. The van der Waals surface area contributed by atoms with Gasteiger partial charge in [-0.05, 0) is 68.3 Å². The molecule has 1 atom stereocenters. The highest BCUT2D eigenvalue weighted by Crippen LogP contribution is 2.30. The Hall–Kier alpha value is -3.52. The van der Waals surface area contributed by atoms with Gasteiger partial charge in [0.25, 0.3) is 10.0 Å². The number of methoxy groups -OCH3 is 2. The summed E-state index contributed by atoms with van der Waals surface area (Å²) in [5.41, 5.74) is 2.91. The minimum Gasteiger partial charge on any atom is -0.497 e. The van der Waals surface area contributed by atoms with Crippen LogP contribution in [0.5, 0.6) is 11.5 Å². The zero-order valence-electron chi connectivity index (χ0n) is 20.0. The van der Waals surface area contributed by atoms with Crippen LogP contribution in [0.3, 0.4) is 0 Å². The molecule has 1 N–H and O–H groups in total. The van der Waals surface area contributed by atoms with E-state index >= 15 is 0 Å². The molecule has 3 aromatic rings. The number of benzene rings is 3. The fourth-order valence-corrected chi connectivity index (χ4v) is 5.20. The average molecular weight is 483 g/mol. The summed E-state index contributed by atoms with van der Waals surface area (Å²) in [6.45, 7) is 5.18. The Morgan fingerprint density at radius 1 is 0.971 bits per heavy atom. The van der Waals surface area contributed by atoms with E-state index < -0.39 is 22.0 Å². The highest BCUT2D eigenvalue weighted by molar-refractivity contribution is 7.92. The molecular weight excluding hydrogens is 452 g/mol. The fourth-order valence-electron chi connectivity index (χ4n) is 3.70. The van der Waals surface area contributed by atoms with Gasteiger partial charge in [-0.15, -0.1) is 0 Å². The lowest BCUT2D eigenvalue weighted by molar-refractivity contribution is -0.120. The van der Waals surface area contributed by atoms with Gasteiger partial charge in [-0.3, -0.25) is 9.10 Å². The van der Waals surface area contributed by atoms with Crippen molar-refractivity contribution in [3.05, 3.63) is 83.4 Å². The van der Waals surface area contributed by atoms with Gasteiger partial charge < -0.3 is 14.8 Å². The van der Waals surface area contributed by atoms with Crippen molar-refractivity contribution >= 4 is 21.6 Å². The lowest BCUT2D eigenvalue weighted by atomic mass is 10.1. The normalized spacial score (nSPS) is 12.0. The molecule has 0 unspecified atom stereocenters. The van der Waals surface area contributed by atoms with Crippen molar-refractivity contribution in [2.75, 3.05) is 25.1 Å². The third-order valence-corrected chi connectivity index (χ3v) is 7.52. The summed E-state index contributed by atoms with van der Waals surface area (Å²) in [6, 6.07) is 18.4. The molecule has 0 heterocycles. The van der Waals surface area contributed by atoms with Gasteiger partial charge in [0.1, 0.15) is 18.0 Å². The Kier molecular flexibility index (Phi) is 7.83. The van der Waals surface area contributed by atoms with Gasteiger partial charge in [-0.2, -0.15) is 0 Å². The Morgan fingerprint density at radius 3 is 2.32 bits per heavy atom. The monoisotopic (exact) mass is 482 g/mol. The molecular formula is C26H30N2O5S. The van der Waals surface area contributed by atoms with E-state index in [9.17, 15) is 13.2 Å². The number of ether oxygens (including phenoxy) is 2. The second-order valence-corrected chi connectivity index (χ2v) is 9.80. The van der Waals surface area contributed by atoms with Gasteiger partial charge in [-0.25, -0.2) is 8.42 Å². The van der Waals surface area contributed by atoms with Crippen LogP contribution in [0.25, 0.3) is 0 Å². The van der Waals surface area contributed by atoms with Crippen molar-refractivity contribution < 1.29 is 22.7 Å². The topological polar surface area (TPSA) is 84.9 Å². The lowest BCUT2D eigenvalue weighted by Crippen LogP contribution is -2.42. The van der Waals surface area contributed by atoms with Crippen molar-refractivity contribution in [1.29, 1.82) is 0 Å². The molecule has 0 saturated heterocycles. The van der Waals surface area contributed by atoms with E-state index in [1.807, 2.05) is 26.8 Å². The fraction of sp³-hybridized carbons (Fsp3) is 0.269. The number of nitrogens with zero attached hydrogens (tertiary/aromatic N) is 1. The summed E-state index contributed by atoms with van der Waals surface area (Å²) in [7, 11) is -0.874. The van der Waals surface area contributed by atoms with E-state index in [0.29, 0.717) is 17.2 Å². The second kappa shape index (κ2) is 10.6. The minimum atomic E-state index is -3.98. The van der Waals surface area contributed by atoms with Crippen LogP contribution in [0.4, 0.5) is 5.69 Å². The van der Waals surface area contributed by atoms with Crippen LogP contribution in [0.1, 0.15) is 29.7 Å². The van der Waals surface area contributed by atoms with Crippen molar-refractivity contribution in [3.63, 3.8) is 0 Å².